The highest BCUT2D eigenvalue weighted by Gasteiger charge is 2.20. The lowest BCUT2D eigenvalue weighted by Crippen LogP contribution is -2.31. The second-order valence-corrected chi connectivity index (χ2v) is 7.06. The highest BCUT2D eigenvalue weighted by molar-refractivity contribution is 7.13. The van der Waals surface area contributed by atoms with E-state index in [1.807, 2.05) is 25.5 Å². The minimum absolute atomic E-state index is 0.725. The van der Waals surface area contributed by atoms with Crippen molar-refractivity contribution in [2.75, 3.05) is 6.54 Å². The van der Waals surface area contributed by atoms with Crippen LogP contribution in [0.2, 0.25) is 5.02 Å². The molecule has 0 saturated carbocycles. The number of thiophene rings is 1. The van der Waals surface area contributed by atoms with Crippen molar-refractivity contribution in [3.63, 3.8) is 0 Å². The molecule has 0 atom stereocenters. The Labute approximate surface area is 143 Å². The molecule has 0 radical (unpaired) electrons. The largest absolute Gasteiger partial charge is 0.293 e. The van der Waals surface area contributed by atoms with E-state index in [9.17, 15) is 0 Å². The number of halogens is 1. The SMILES string of the molecule is Cn1cc(Cl)c(CN2CCc3nc(-c4cccs4)ncc3C2)n1. The minimum Gasteiger partial charge on any atom is -0.293 e. The molecule has 0 bridgehead atoms. The lowest BCUT2D eigenvalue weighted by molar-refractivity contribution is 0.239. The lowest BCUT2D eigenvalue weighted by atomic mass is 10.1. The molecule has 3 aromatic heterocycles. The van der Waals surface area contributed by atoms with Gasteiger partial charge in [0, 0.05) is 51.1 Å². The summed E-state index contributed by atoms with van der Waals surface area (Å²) in [6.07, 6.45) is 4.73. The molecule has 0 fully saturated rings. The zero-order valence-corrected chi connectivity index (χ0v) is 14.3. The summed E-state index contributed by atoms with van der Waals surface area (Å²) in [5, 5.41) is 7.20. The predicted molar refractivity (Wildman–Crippen MR) is 91.4 cm³/mol. The van der Waals surface area contributed by atoms with Crippen molar-refractivity contribution in [3.8, 4) is 10.7 Å². The summed E-state index contributed by atoms with van der Waals surface area (Å²) in [4.78, 5) is 12.7. The molecule has 1 aliphatic heterocycles. The normalized spacial score (nSPS) is 14.9. The standard InChI is InChI=1S/C16H16ClN5S/c1-21-9-12(17)14(20-21)10-22-5-4-13-11(8-22)7-18-16(19-13)15-3-2-6-23-15/h2-3,6-7,9H,4-5,8,10H2,1H3. The van der Waals surface area contributed by atoms with Crippen molar-refractivity contribution < 1.29 is 0 Å². The summed E-state index contributed by atoms with van der Waals surface area (Å²) < 4.78 is 1.76. The predicted octanol–water partition coefficient (Wildman–Crippen LogP) is 3.15. The fraction of sp³-hybridized carbons (Fsp3) is 0.312. The van der Waals surface area contributed by atoms with Gasteiger partial charge in [0.25, 0.3) is 0 Å². The Balaban J connectivity index is 1.52. The Morgan fingerprint density at radius 1 is 1.39 bits per heavy atom. The average Bonchev–Trinajstić information content (AvgIpc) is 3.17. The van der Waals surface area contributed by atoms with Crippen LogP contribution in [0.4, 0.5) is 0 Å². The van der Waals surface area contributed by atoms with Gasteiger partial charge in [0.2, 0.25) is 0 Å². The van der Waals surface area contributed by atoms with Crippen LogP contribution in [0, 0.1) is 0 Å². The first-order valence-corrected chi connectivity index (χ1v) is 8.74. The fourth-order valence-electron chi connectivity index (χ4n) is 2.86. The van der Waals surface area contributed by atoms with E-state index in [-0.39, 0.29) is 0 Å². The van der Waals surface area contributed by atoms with E-state index in [1.54, 1.807) is 16.0 Å². The molecule has 1 aliphatic rings. The van der Waals surface area contributed by atoms with Gasteiger partial charge in [-0.25, -0.2) is 9.97 Å². The molecule has 0 saturated heterocycles. The molecule has 23 heavy (non-hydrogen) atoms. The quantitative estimate of drug-likeness (QED) is 0.731. The molecular formula is C16H16ClN5S. The second kappa shape index (κ2) is 6.03. The van der Waals surface area contributed by atoms with E-state index < -0.39 is 0 Å². The van der Waals surface area contributed by atoms with Crippen LogP contribution < -0.4 is 0 Å². The molecule has 7 heteroatoms. The summed E-state index contributed by atoms with van der Waals surface area (Å²) >= 11 is 7.88. The summed E-state index contributed by atoms with van der Waals surface area (Å²) in [6.45, 7) is 2.56. The average molecular weight is 346 g/mol. The maximum atomic E-state index is 6.21. The molecule has 5 nitrogen and oxygen atoms in total. The molecule has 0 spiro atoms. The van der Waals surface area contributed by atoms with E-state index in [2.05, 4.69) is 26.4 Å². The third kappa shape index (κ3) is 3.02. The first kappa shape index (κ1) is 14.8. The molecular weight excluding hydrogens is 330 g/mol. The van der Waals surface area contributed by atoms with Gasteiger partial charge >= 0.3 is 0 Å². The number of rotatable bonds is 3. The first-order valence-electron chi connectivity index (χ1n) is 7.48. The Bertz CT molecular complexity index is 827. The van der Waals surface area contributed by atoms with Crippen molar-refractivity contribution in [2.45, 2.75) is 19.5 Å². The highest BCUT2D eigenvalue weighted by Crippen LogP contribution is 2.25. The molecule has 0 N–H and O–H groups in total. The van der Waals surface area contributed by atoms with E-state index in [0.29, 0.717) is 0 Å². The first-order chi connectivity index (χ1) is 11.2. The number of aromatic nitrogens is 4. The number of aryl methyl sites for hydroxylation is 1. The maximum absolute atomic E-state index is 6.21. The zero-order chi connectivity index (χ0) is 15.8. The van der Waals surface area contributed by atoms with Gasteiger partial charge < -0.3 is 0 Å². The molecule has 118 valence electrons. The van der Waals surface area contributed by atoms with Crippen LogP contribution in [0.5, 0.6) is 0 Å². The molecule has 4 heterocycles. The van der Waals surface area contributed by atoms with E-state index >= 15 is 0 Å². The van der Waals surface area contributed by atoms with Crippen molar-refractivity contribution in [3.05, 3.63) is 51.9 Å². The molecule has 0 unspecified atom stereocenters. The van der Waals surface area contributed by atoms with Crippen LogP contribution >= 0.6 is 22.9 Å². The van der Waals surface area contributed by atoms with Crippen LogP contribution in [0.1, 0.15) is 17.0 Å². The maximum Gasteiger partial charge on any atom is 0.169 e. The Morgan fingerprint density at radius 3 is 3.04 bits per heavy atom. The topological polar surface area (TPSA) is 46.8 Å². The Morgan fingerprint density at radius 2 is 2.30 bits per heavy atom. The zero-order valence-electron chi connectivity index (χ0n) is 12.7. The second-order valence-electron chi connectivity index (χ2n) is 5.70. The van der Waals surface area contributed by atoms with Gasteiger partial charge in [0.1, 0.15) is 0 Å². The summed E-state index contributed by atoms with van der Waals surface area (Å²) in [6, 6.07) is 4.09. The third-order valence-electron chi connectivity index (χ3n) is 3.98. The highest BCUT2D eigenvalue weighted by atomic mass is 35.5. The number of hydrogen-bond donors (Lipinski definition) is 0. The summed E-state index contributed by atoms with van der Waals surface area (Å²) in [5.41, 5.74) is 3.28. The molecule has 0 aliphatic carbocycles. The van der Waals surface area contributed by atoms with E-state index in [4.69, 9.17) is 16.6 Å². The van der Waals surface area contributed by atoms with Crippen molar-refractivity contribution in [2.24, 2.45) is 7.05 Å². The van der Waals surface area contributed by atoms with Gasteiger partial charge in [-0.2, -0.15) is 5.10 Å². The van der Waals surface area contributed by atoms with E-state index in [1.165, 1.54) is 5.56 Å². The van der Waals surface area contributed by atoms with Crippen molar-refractivity contribution in [1.82, 2.24) is 24.6 Å². The third-order valence-corrected chi connectivity index (χ3v) is 5.16. The molecule has 0 amide bonds. The van der Waals surface area contributed by atoms with Gasteiger partial charge in [-0.3, -0.25) is 9.58 Å². The van der Waals surface area contributed by atoms with Crippen LogP contribution in [-0.4, -0.2) is 31.2 Å². The van der Waals surface area contributed by atoms with Gasteiger partial charge in [-0.05, 0) is 11.4 Å². The molecule has 0 aromatic carbocycles. The van der Waals surface area contributed by atoms with Crippen molar-refractivity contribution in [1.29, 1.82) is 0 Å². The number of fused-ring (bicyclic) bond motifs is 1. The summed E-state index contributed by atoms with van der Waals surface area (Å²) in [5.74, 6) is 0.833. The fourth-order valence-corrected chi connectivity index (χ4v) is 3.76. The monoisotopic (exact) mass is 345 g/mol. The van der Waals surface area contributed by atoms with Crippen LogP contribution in [0.25, 0.3) is 10.7 Å². The Hall–Kier alpha value is -1.76. The van der Waals surface area contributed by atoms with Gasteiger partial charge in [-0.15, -0.1) is 11.3 Å². The smallest absolute Gasteiger partial charge is 0.169 e. The lowest BCUT2D eigenvalue weighted by Gasteiger charge is -2.27. The van der Waals surface area contributed by atoms with Crippen molar-refractivity contribution >= 4 is 22.9 Å². The van der Waals surface area contributed by atoms with Crippen LogP contribution in [-0.2, 0) is 26.6 Å². The number of hydrogen-bond acceptors (Lipinski definition) is 5. The van der Waals surface area contributed by atoms with Gasteiger partial charge in [0.15, 0.2) is 5.82 Å². The summed E-state index contributed by atoms with van der Waals surface area (Å²) in [7, 11) is 1.89. The number of nitrogens with zero attached hydrogens (tertiary/aromatic N) is 5. The minimum atomic E-state index is 0.725. The molecule has 4 rings (SSSR count). The Kier molecular flexibility index (Phi) is 3.88. The van der Waals surface area contributed by atoms with E-state index in [0.717, 1.165) is 53.2 Å². The molecule has 3 aromatic rings. The van der Waals surface area contributed by atoms with Gasteiger partial charge in [-0.1, -0.05) is 17.7 Å². The van der Waals surface area contributed by atoms with Gasteiger partial charge in [0.05, 0.1) is 21.3 Å². The van der Waals surface area contributed by atoms with Crippen LogP contribution in [0.3, 0.4) is 0 Å². The van der Waals surface area contributed by atoms with Crippen LogP contribution in [0.15, 0.2) is 29.9 Å².